The number of carbonyl (C=O) groups is 1. The van der Waals surface area contributed by atoms with Crippen LogP contribution in [0.25, 0.3) is 6.08 Å². The van der Waals surface area contributed by atoms with E-state index in [1.165, 1.54) is 12.1 Å². The summed E-state index contributed by atoms with van der Waals surface area (Å²) >= 11 is 2.09. The highest BCUT2D eigenvalue weighted by molar-refractivity contribution is 14.1. The lowest BCUT2D eigenvalue weighted by Crippen LogP contribution is -2.14. The van der Waals surface area contributed by atoms with Crippen LogP contribution in [0, 0.1) is 34.6 Å². The fraction of sp³-hybridized carbons (Fsp3) is 0.185. The first kappa shape index (κ1) is 25.2. The summed E-state index contributed by atoms with van der Waals surface area (Å²) in [5, 5.41) is 12.4. The third-order valence-electron chi connectivity index (χ3n) is 4.97. The van der Waals surface area contributed by atoms with Crippen molar-refractivity contribution >= 4 is 40.3 Å². The molecule has 0 saturated carbocycles. The number of amides is 1. The zero-order chi connectivity index (χ0) is 24.7. The van der Waals surface area contributed by atoms with Crippen LogP contribution >= 0.6 is 22.6 Å². The molecule has 174 valence electrons. The Morgan fingerprint density at radius 1 is 1.15 bits per heavy atom. The van der Waals surface area contributed by atoms with Crippen LogP contribution < -0.4 is 14.8 Å². The lowest BCUT2D eigenvalue weighted by atomic mass is 10.1. The van der Waals surface area contributed by atoms with E-state index in [-0.39, 0.29) is 18.0 Å². The van der Waals surface area contributed by atoms with E-state index in [1.54, 1.807) is 30.3 Å². The molecule has 3 aromatic rings. The largest absolute Gasteiger partial charge is 0.490 e. The molecule has 0 unspecified atom stereocenters. The highest BCUT2D eigenvalue weighted by atomic mass is 127. The Kier molecular flexibility index (Phi) is 8.66. The van der Waals surface area contributed by atoms with E-state index in [4.69, 9.17) is 9.47 Å². The van der Waals surface area contributed by atoms with Gasteiger partial charge < -0.3 is 14.8 Å². The number of nitrogens with zero attached hydrogens (tertiary/aromatic N) is 1. The Bertz CT molecular complexity index is 1280. The summed E-state index contributed by atoms with van der Waals surface area (Å²) in [4.78, 5) is 12.7. The van der Waals surface area contributed by atoms with Crippen LogP contribution in [0.3, 0.4) is 0 Å². The Labute approximate surface area is 212 Å². The zero-order valence-electron chi connectivity index (χ0n) is 19.1. The van der Waals surface area contributed by atoms with Gasteiger partial charge in [0.2, 0.25) is 0 Å². The molecule has 3 aromatic carbocycles. The second-order valence-corrected chi connectivity index (χ2v) is 8.75. The summed E-state index contributed by atoms with van der Waals surface area (Å²) < 4.78 is 26.3. The van der Waals surface area contributed by atoms with Crippen LogP contribution in [-0.2, 0) is 11.4 Å². The highest BCUT2D eigenvalue weighted by Gasteiger charge is 2.16. The monoisotopic (exact) mass is 570 g/mol. The van der Waals surface area contributed by atoms with Crippen molar-refractivity contribution in [3.63, 3.8) is 0 Å². The molecule has 7 heteroatoms. The summed E-state index contributed by atoms with van der Waals surface area (Å²) in [6.45, 7) is 6.14. The molecular formula is C27H24FIN2O3. The summed E-state index contributed by atoms with van der Waals surface area (Å²) in [5.74, 6) is 0.0796. The van der Waals surface area contributed by atoms with Gasteiger partial charge in [0.05, 0.1) is 10.2 Å². The maximum Gasteiger partial charge on any atom is 0.266 e. The molecule has 1 N–H and O–H groups in total. The molecule has 0 spiro atoms. The quantitative estimate of drug-likeness (QED) is 0.189. The molecule has 0 fully saturated rings. The molecule has 0 atom stereocenters. The molecule has 0 radical (unpaired) electrons. The maximum atomic E-state index is 14.0. The molecule has 0 saturated heterocycles. The number of hydrogen-bond donors (Lipinski definition) is 1. The van der Waals surface area contributed by atoms with Gasteiger partial charge in [-0.1, -0.05) is 35.9 Å². The topological polar surface area (TPSA) is 71.3 Å². The first-order chi connectivity index (χ1) is 16.3. The Hall–Kier alpha value is -3.38. The Morgan fingerprint density at radius 2 is 1.91 bits per heavy atom. The molecule has 0 aromatic heterocycles. The Morgan fingerprint density at radius 3 is 2.59 bits per heavy atom. The number of halogens is 2. The fourth-order valence-electron chi connectivity index (χ4n) is 3.30. The SMILES string of the molecule is CCOc1cc(/C=C(\C#N)C(=O)Nc2ccc(C)cc2C)cc(I)c1OCc1ccccc1F. The van der Waals surface area contributed by atoms with Gasteiger partial charge in [-0.15, -0.1) is 0 Å². The summed E-state index contributed by atoms with van der Waals surface area (Å²) in [5.41, 5.74) is 3.64. The number of benzene rings is 3. The van der Waals surface area contributed by atoms with Gasteiger partial charge in [-0.25, -0.2) is 4.39 Å². The average molecular weight is 570 g/mol. The minimum Gasteiger partial charge on any atom is -0.490 e. The molecular weight excluding hydrogens is 546 g/mol. The predicted molar refractivity (Wildman–Crippen MR) is 139 cm³/mol. The van der Waals surface area contributed by atoms with Crippen LogP contribution in [0.1, 0.15) is 29.2 Å². The van der Waals surface area contributed by atoms with Gasteiger partial charge in [0.1, 0.15) is 24.1 Å². The third kappa shape index (κ3) is 6.35. The number of carbonyl (C=O) groups excluding carboxylic acids is 1. The molecule has 5 nitrogen and oxygen atoms in total. The predicted octanol–water partition coefficient (Wildman–Crippen LogP) is 6.57. The van der Waals surface area contributed by atoms with E-state index in [0.717, 1.165) is 11.1 Å². The first-order valence-corrected chi connectivity index (χ1v) is 11.7. The van der Waals surface area contributed by atoms with Crippen LogP contribution in [0.5, 0.6) is 11.5 Å². The second kappa shape index (κ2) is 11.7. The van der Waals surface area contributed by atoms with E-state index in [2.05, 4.69) is 27.9 Å². The van der Waals surface area contributed by atoms with E-state index in [0.29, 0.717) is 38.5 Å². The van der Waals surface area contributed by atoms with Crippen LogP contribution in [0.15, 0.2) is 60.2 Å². The van der Waals surface area contributed by atoms with E-state index in [9.17, 15) is 14.4 Å². The molecule has 3 rings (SSSR count). The second-order valence-electron chi connectivity index (χ2n) is 7.59. The lowest BCUT2D eigenvalue weighted by molar-refractivity contribution is -0.112. The average Bonchev–Trinajstić information content (AvgIpc) is 2.80. The third-order valence-corrected chi connectivity index (χ3v) is 5.77. The molecule has 0 aliphatic rings. The van der Waals surface area contributed by atoms with Crippen molar-refractivity contribution < 1.29 is 18.7 Å². The number of rotatable bonds is 8. The molecule has 34 heavy (non-hydrogen) atoms. The molecule has 0 heterocycles. The fourth-order valence-corrected chi connectivity index (χ4v) is 4.08. The number of nitriles is 1. The van der Waals surface area contributed by atoms with Crippen molar-refractivity contribution in [3.8, 4) is 17.6 Å². The number of aryl methyl sites for hydroxylation is 2. The van der Waals surface area contributed by atoms with Gasteiger partial charge in [0.25, 0.3) is 5.91 Å². The van der Waals surface area contributed by atoms with Gasteiger partial charge >= 0.3 is 0 Å². The van der Waals surface area contributed by atoms with Crippen molar-refractivity contribution in [2.75, 3.05) is 11.9 Å². The molecule has 0 aliphatic carbocycles. The van der Waals surface area contributed by atoms with Gasteiger partial charge in [-0.2, -0.15) is 5.26 Å². The van der Waals surface area contributed by atoms with E-state index >= 15 is 0 Å². The normalized spacial score (nSPS) is 11.0. The number of ether oxygens (including phenoxy) is 2. The number of nitrogens with one attached hydrogen (secondary N) is 1. The minimum atomic E-state index is -0.498. The van der Waals surface area contributed by atoms with Crippen molar-refractivity contribution in [1.82, 2.24) is 0 Å². The van der Waals surface area contributed by atoms with Crippen molar-refractivity contribution in [2.24, 2.45) is 0 Å². The van der Waals surface area contributed by atoms with Crippen LogP contribution in [0.4, 0.5) is 10.1 Å². The van der Waals surface area contributed by atoms with Crippen molar-refractivity contribution in [3.05, 3.63) is 91.8 Å². The standard InChI is InChI=1S/C27H24FIN2O3/c1-4-33-25-14-19(13-23(29)26(25)34-16-20-7-5-6-8-22(20)28)12-21(15-30)27(32)31-24-10-9-17(2)11-18(24)3/h5-14H,4,16H2,1-3H3,(H,31,32)/b21-12+. The van der Waals surface area contributed by atoms with Crippen molar-refractivity contribution in [1.29, 1.82) is 5.26 Å². The smallest absolute Gasteiger partial charge is 0.266 e. The lowest BCUT2D eigenvalue weighted by Gasteiger charge is -2.15. The summed E-state index contributed by atoms with van der Waals surface area (Å²) in [6.07, 6.45) is 1.50. The number of hydrogen-bond acceptors (Lipinski definition) is 4. The van der Waals surface area contributed by atoms with Gasteiger partial charge in [0.15, 0.2) is 11.5 Å². The van der Waals surface area contributed by atoms with Crippen LogP contribution in [-0.4, -0.2) is 12.5 Å². The Balaban J connectivity index is 1.86. The van der Waals surface area contributed by atoms with Gasteiger partial charge in [0, 0.05) is 11.3 Å². The molecule has 0 bridgehead atoms. The molecule has 1 amide bonds. The van der Waals surface area contributed by atoms with Gasteiger partial charge in [-0.3, -0.25) is 4.79 Å². The minimum absolute atomic E-state index is 0.0414. The van der Waals surface area contributed by atoms with Crippen molar-refractivity contribution in [2.45, 2.75) is 27.4 Å². The van der Waals surface area contributed by atoms with E-state index < -0.39 is 5.91 Å². The van der Waals surface area contributed by atoms with E-state index in [1.807, 2.05) is 45.0 Å². The molecule has 0 aliphatic heterocycles. The number of anilines is 1. The van der Waals surface area contributed by atoms with Gasteiger partial charge in [-0.05, 0) is 84.8 Å². The highest BCUT2D eigenvalue weighted by Crippen LogP contribution is 2.35. The summed E-state index contributed by atoms with van der Waals surface area (Å²) in [7, 11) is 0. The van der Waals surface area contributed by atoms with Crippen LogP contribution in [0.2, 0.25) is 0 Å². The first-order valence-electron chi connectivity index (χ1n) is 10.6. The zero-order valence-corrected chi connectivity index (χ0v) is 21.3. The summed E-state index contributed by atoms with van der Waals surface area (Å²) in [6, 6.07) is 17.5. The maximum absolute atomic E-state index is 14.0.